The number of benzene rings is 1. The molecule has 1 rings (SSSR count). The lowest BCUT2D eigenvalue weighted by atomic mass is 10.0. The molecule has 0 fully saturated rings. The maximum absolute atomic E-state index is 11.6. The minimum Gasteiger partial charge on any atom is -0.396 e. The average molecular weight is 242 g/mol. The van der Waals surface area contributed by atoms with Gasteiger partial charge in [-0.25, -0.2) is 8.42 Å². The van der Waals surface area contributed by atoms with E-state index >= 15 is 0 Å². The zero-order valence-electron chi connectivity index (χ0n) is 9.95. The molecule has 4 heteroatoms. The van der Waals surface area contributed by atoms with Crippen LogP contribution in [-0.4, -0.2) is 26.4 Å². The van der Waals surface area contributed by atoms with Crippen molar-refractivity contribution >= 4 is 9.84 Å². The number of sulfone groups is 1. The van der Waals surface area contributed by atoms with Crippen molar-refractivity contribution in [1.82, 2.24) is 0 Å². The van der Waals surface area contributed by atoms with E-state index in [1.54, 1.807) is 6.07 Å². The van der Waals surface area contributed by atoms with Crippen LogP contribution in [-0.2, 0) is 16.3 Å². The molecule has 1 N–H and O–H groups in total. The summed E-state index contributed by atoms with van der Waals surface area (Å²) in [7, 11) is -3.18. The lowest BCUT2D eigenvalue weighted by Crippen LogP contribution is -2.05. The van der Waals surface area contributed by atoms with Gasteiger partial charge in [-0.2, -0.15) is 0 Å². The topological polar surface area (TPSA) is 54.4 Å². The fourth-order valence-corrected chi connectivity index (χ4v) is 2.69. The molecule has 0 aliphatic carbocycles. The van der Waals surface area contributed by atoms with Gasteiger partial charge in [0.15, 0.2) is 9.84 Å². The smallest absolute Gasteiger partial charge is 0.175 e. The van der Waals surface area contributed by atoms with Crippen LogP contribution in [0.5, 0.6) is 0 Å². The average Bonchev–Trinajstić information content (AvgIpc) is 2.17. The molecular weight excluding hydrogens is 224 g/mol. The second kappa shape index (κ2) is 4.97. The Kier molecular flexibility index (Phi) is 4.10. The van der Waals surface area contributed by atoms with Gasteiger partial charge in [0.1, 0.15) is 0 Å². The molecule has 1 aromatic rings. The van der Waals surface area contributed by atoms with E-state index in [-0.39, 0.29) is 6.61 Å². The van der Waals surface area contributed by atoms with E-state index in [4.69, 9.17) is 5.11 Å². The third kappa shape index (κ3) is 3.06. The number of aliphatic hydroxyl groups is 1. The van der Waals surface area contributed by atoms with Gasteiger partial charge < -0.3 is 5.11 Å². The van der Waals surface area contributed by atoms with Crippen molar-refractivity contribution in [3.8, 4) is 0 Å². The first kappa shape index (κ1) is 13.2. The lowest BCUT2D eigenvalue weighted by molar-refractivity contribution is 0.288. The molecule has 90 valence electrons. The van der Waals surface area contributed by atoms with E-state index in [2.05, 4.69) is 0 Å². The highest BCUT2D eigenvalue weighted by atomic mass is 32.2. The van der Waals surface area contributed by atoms with E-state index < -0.39 is 9.84 Å². The normalized spacial score (nSPS) is 11.8. The van der Waals surface area contributed by atoms with E-state index in [9.17, 15) is 8.42 Å². The maximum Gasteiger partial charge on any atom is 0.175 e. The third-order valence-corrected chi connectivity index (χ3v) is 3.86. The van der Waals surface area contributed by atoms with Gasteiger partial charge >= 0.3 is 0 Å². The first-order chi connectivity index (χ1) is 7.36. The maximum atomic E-state index is 11.6. The van der Waals surface area contributed by atoms with Crippen LogP contribution in [0.2, 0.25) is 0 Å². The highest BCUT2D eigenvalue weighted by molar-refractivity contribution is 7.90. The summed E-state index contributed by atoms with van der Waals surface area (Å²) in [5.74, 6) is 0. The predicted octanol–water partition coefficient (Wildman–Crippen LogP) is 1.63. The van der Waals surface area contributed by atoms with E-state index in [1.807, 2.05) is 19.9 Å². The zero-order chi connectivity index (χ0) is 12.3. The summed E-state index contributed by atoms with van der Waals surface area (Å²) in [5, 5.41) is 8.80. The van der Waals surface area contributed by atoms with Crippen LogP contribution in [0.1, 0.15) is 23.1 Å². The standard InChI is InChI=1S/C12H18O3S/c1-9-7-11(5-4-6-13)12(8-10(9)2)16(3,14)15/h7-8,13H,4-6H2,1-3H3. The number of hydrogen-bond acceptors (Lipinski definition) is 3. The molecule has 0 aliphatic heterocycles. The van der Waals surface area contributed by atoms with Gasteiger partial charge in [-0.1, -0.05) is 6.07 Å². The van der Waals surface area contributed by atoms with Crippen molar-refractivity contribution in [2.24, 2.45) is 0 Å². The fraction of sp³-hybridized carbons (Fsp3) is 0.500. The molecule has 0 bridgehead atoms. The summed E-state index contributed by atoms with van der Waals surface area (Å²) >= 11 is 0. The van der Waals surface area contributed by atoms with E-state index in [1.165, 1.54) is 6.26 Å². The number of aliphatic hydroxyl groups excluding tert-OH is 1. The second-order valence-electron chi connectivity index (χ2n) is 4.14. The molecular formula is C12H18O3S. The van der Waals surface area contributed by atoms with E-state index in [0.717, 1.165) is 16.7 Å². The summed E-state index contributed by atoms with van der Waals surface area (Å²) in [4.78, 5) is 0.393. The Hall–Kier alpha value is -0.870. The van der Waals surface area contributed by atoms with Crippen molar-refractivity contribution in [2.45, 2.75) is 31.6 Å². The van der Waals surface area contributed by atoms with Gasteiger partial charge in [0.25, 0.3) is 0 Å². The van der Waals surface area contributed by atoms with Crippen molar-refractivity contribution < 1.29 is 13.5 Å². The van der Waals surface area contributed by atoms with Crippen molar-refractivity contribution in [2.75, 3.05) is 12.9 Å². The SMILES string of the molecule is Cc1cc(CCCO)c(S(C)(=O)=O)cc1C. The highest BCUT2D eigenvalue weighted by Gasteiger charge is 2.14. The van der Waals surface area contributed by atoms with Crippen molar-refractivity contribution in [3.63, 3.8) is 0 Å². The fourth-order valence-electron chi connectivity index (χ4n) is 1.66. The van der Waals surface area contributed by atoms with Gasteiger partial charge in [-0.3, -0.25) is 0 Å². The highest BCUT2D eigenvalue weighted by Crippen LogP contribution is 2.21. The summed E-state index contributed by atoms with van der Waals surface area (Å²) < 4.78 is 23.2. The quantitative estimate of drug-likeness (QED) is 0.873. The van der Waals surface area contributed by atoms with Crippen LogP contribution < -0.4 is 0 Å². The Morgan fingerprint density at radius 2 is 1.75 bits per heavy atom. The molecule has 3 nitrogen and oxygen atoms in total. The largest absolute Gasteiger partial charge is 0.396 e. The second-order valence-corrected chi connectivity index (χ2v) is 6.13. The molecule has 0 saturated heterocycles. The molecule has 1 aromatic carbocycles. The van der Waals surface area contributed by atoms with Crippen LogP contribution in [0, 0.1) is 13.8 Å². The molecule has 0 spiro atoms. The van der Waals surface area contributed by atoms with Crippen LogP contribution in [0.25, 0.3) is 0 Å². The molecule has 0 unspecified atom stereocenters. The first-order valence-corrected chi connectivity index (χ1v) is 7.16. The van der Waals surface area contributed by atoms with Gasteiger partial charge in [0.05, 0.1) is 4.90 Å². The molecule has 0 aliphatic rings. The minimum absolute atomic E-state index is 0.0795. The van der Waals surface area contributed by atoms with Gasteiger partial charge in [-0.15, -0.1) is 0 Å². The molecule has 16 heavy (non-hydrogen) atoms. The molecule has 0 atom stereocenters. The van der Waals surface area contributed by atoms with Crippen molar-refractivity contribution in [1.29, 1.82) is 0 Å². The van der Waals surface area contributed by atoms with E-state index in [0.29, 0.717) is 17.7 Å². The Balaban J connectivity index is 3.28. The molecule has 0 aromatic heterocycles. The molecule has 0 saturated carbocycles. The monoisotopic (exact) mass is 242 g/mol. The summed E-state index contributed by atoms with van der Waals surface area (Å²) in [6.07, 6.45) is 2.41. The molecule has 0 radical (unpaired) electrons. The molecule has 0 heterocycles. The lowest BCUT2D eigenvalue weighted by Gasteiger charge is -2.11. The summed E-state index contributed by atoms with van der Waals surface area (Å²) in [6.45, 7) is 3.94. The minimum atomic E-state index is -3.18. The van der Waals surface area contributed by atoms with Crippen LogP contribution >= 0.6 is 0 Å². The van der Waals surface area contributed by atoms with Crippen LogP contribution in [0.3, 0.4) is 0 Å². The zero-order valence-corrected chi connectivity index (χ0v) is 10.8. The van der Waals surface area contributed by atoms with Gasteiger partial charge in [-0.05, 0) is 49.4 Å². The first-order valence-electron chi connectivity index (χ1n) is 5.27. The van der Waals surface area contributed by atoms with Crippen molar-refractivity contribution in [3.05, 3.63) is 28.8 Å². The Morgan fingerprint density at radius 1 is 1.19 bits per heavy atom. The Bertz CT molecular complexity index is 475. The predicted molar refractivity (Wildman–Crippen MR) is 64.4 cm³/mol. The Morgan fingerprint density at radius 3 is 2.25 bits per heavy atom. The Labute approximate surface area is 97.0 Å². The molecule has 0 amide bonds. The van der Waals surface area contributed by atoms with Gasteiger partial charge in [0.2, 0.25) is 0 Å². The number of rotatable bonds is 4. The number of aryl methyl sites for hydroxylation is 3. The van der Waals surface area contributed by atoms with Gasteiger partial charge in [0, 0.05) is 12.9 Å². The van der Waals surface area contributed by atoms with Crippen LogP contribution in [0.4, 0.5) is 0 Å². The summed E-state index contributed by atoms with van der Waals surface area (Å²) in [6, 6.07) is 3.62. The van der Waals surface area contributed by atoms with Crippen LogP contribution in [0.15, 0.2) is 17.0 Å². The summed E-state index contributed by atoms with van der Waals surface area (Å²) in [5.41, 5.74) is 2.87. The third-order valence-electron chi connectivity index (χ3n) is 2.68. The number of hydrogen-bond donors (Lipinski definition) is 1.